The van der Waals surface area contributed by atoms with Crippen molar-refractivity contribution < 1.29 is 4.79 Å². The maximum atomic E-state index is 12.2. The van der Waals surface area contributed by atoms with Gasteiger partial charge in [-0.15, -0.1) is 11.3 Å². The molecular formula is C13H7Cl2NOS. The molecule has 0 aliphatic heterocycles. The normalized spacial score (nSPS) is 11.8. The quantitative estimate of drug-likeness (QED) is 0.780. The molecule has 0 amide bonds. The molecule has 0 spiro atoms. The van der Waals surface area contributed by atoms with E-state index in [1.54, 1.807) is 12.1 Å². The smallest absolute Gasteiger partial charge is 0.185 e. The van der Waals surface area contributed by atoms with Crippen molar-refractivity contribution in [2.45, 2.75) is 5.92 Å². The topological polar surface area (TPSA) is 40.9 Å². The lowest BCUT2D eigenvalue weighted by molar-refractivity contribution is 0.0980. The van der Waals surface area contributed by atoms with E-state index in [1.165, 1.54) is 23.5 Å². The number of thiophene rings is 1. The van der Waals surface area contributed by atoms with Crippen LogP contribution >= 0.6 is 34.5 Å². The van der Waals surface area contributed by atoms with Gasteiger partial charge in [0, 0.05) is 20.5 Å². The molecule has 1 atom stereocenters. The molecule has 0 N–H and O–H groups in total. The second-order valence-corrected chi connectivity index (χ2v) is 5.45. The highest BCUT2D eigenvalue weighted by molar-refractivity contribution is 7.10. The minimum Gasteiger partial charge on any atom is -0.292 e. The highest BCUT2D eigenvalue weighted by Gasteiger charge is 2.23. The molecule has 0 saturated carbocycles. The summed E-state index contributed by atoms with van der Waals surface area (Å²) in [6, 6.07) is 10.2. The highest BCUT2D eigenvalue weighted by Crippen LogP contribution is 2.27. The summed E-state index contributed by atoms with van der Waals surface area (Å²) < 4.78 is 0. The van der Waals surface area contributed by atoms with Gasteiger partial charge >= 0.3 is 0 Å². The van der Waals surface area contributed by atoms with Crippen LogP contribution in [0.1, 0.15) is 21.2 Å². The second kappa shape index (κ2) is 5.53. The van der Waals surface area contributed by atoms with Gasteiger partial charge in [0.1, 0.15) is 5.92 Å². The summed E-state index contributed by atoms with van der Waals surface area (Å²) in [7, 11) is 0. The first kappa shape index (κ1) is 13.1. The Hall–Kier alpha value is -1.34. The van der Waals surface area contributed by atoms with E-state index in [9.17, 15) is 4.79 Å². The molecule has 90 valence electrons. The van der Waals surface area contributed by atoms with Crippen LogP contribution in [0.15, 0.2) is 35.7 Å². The number of nitrogens with zero attached hydrogens (tertiary/aromatic N) is 1. The standard InChI is InChI=1S/C13H7Cl2NOS/c14-9-4-8(5-10(15)6-9)13(17)11(7-16)12-2-1-3-18-12/h1-6,11H. The van der Waals surface area contributed by atoms with Crippen LogP contribution < -0.4 is 0 Å². The summed E-state index contributed by atoms with van der Waals surface area (Å²) in [6.45, 7) is 0. The molecular weight excluding hydrogens is 289 g/mol. The predicted octanol–water partition coefficient (Wildman–Crippen LogP) is 4.54. The Bertz CT molecular complexity index is 596. The van der Waals surface area contributed by atoms with E-state index >= 15 is 0 Å². The summed E-state index contributed by atoms with van der Waals surface area (Å²) in [6.07, 6.45) is 0. The monoisotopic (exact) mass is 295 g/mol. The number of rotatable bonds is 3. The van der Waals surface area contributed by atoms with E-state index in [2.05, 4.69) is 0 Å². The average Bonchev–Trinajstić information content (AvgIpc) is 2.82. The third-order valence-corrected chi connectivity index (χ3v) is 3.74. The predicted molar refractivity (Wildman–Crippen MR) is 73.5 cm³/mol. The molecule has 1 aromatic carbocycles. The van der Waals surface area contributed by atoms with Crippen LogP contribution in [0.2, 0.25) is 10.0 Å². The summed E-state index contributed by atoms with van der Waals surface area (Å²) in [5.74, 6) is -1.09. The molecule has 0 bridgehead atoms. The first-order chi connectivity index (χ1) is 8.61. The van der Waals surface area contributed by atoms with Gasteiger partial charge in [0.2, 0.25) is 0 Å². The Labute approximate surface area is 118 Å². The maximum absolute atomic E-state index is 12.2. The molecule has 2 nitrogen and oxygen atoms in total. The minimum absolute atomic E-state index is 0.288. The summed E-state index contributed by atoms with van der Waals surface area (Å²) in [4.78, 5) is 13.0. The fraction of sp³-hybridized carbons (Fsp3) is 0.0769. The zero-order valence-corrected chi connectivity index (χ0v) is 11.4. The Kier molecular flexibility index (Phi) is 4.03. The third kappa shape index (κ3) is 2.73. The molecule has 5 heteroatoms. The lowest BCUT2D eigenvalue weighted by Gasteiger charge is -2.07. The van der Waals surface area contributed by atoms with Gasteiger partial charge in [-0.25, -0.2) is 0 Å². The molecule has 2 rings (SSSR count). The Morgan fingerprint density at radius 3 is 2.44 bits per heavy atom. The maximum Gasteiger partial charge on any atom is 0.185 e. The van der Waals surface area contributed by atoms with Crippen molar-refractivity contribution in [3.8, 4) is 6.07 Å². The largest absolute Gasteiger partial charge is 0.292 e. The van der Waals surface area contributed by atoms with Gasteiger partial charge in [-0.05, 0) is 29.6 Å². The zero-order chi connectivity index (χ0) is 13.1. The van der Waals surface area contributed by atoms with E-state index in [1.807, 2.05) is 17.5 Å². The van der Waals surface area contributed by atoms with Gasteiger partial charge in [-0.2, -0.15) is 5.26 Å². The molecule has 1 aromatic heterocycles. The van der Waals surface area contributed by atoms with Gasteiger partial charge in [-0.1, -0.05) is 29.3 Å². The molecule has 1 heterocycles. The number of carbonyl (C=O) groups is 1. The Balaban J connectivity index is 2.39. The average molecular weight is 296 g/mol. The molecule has 0 aliphatic rings. The van der Waals surface area contributed by atoms with Crippen molar-refractivity contribution in [1.29, 1.82) is 5.26 Å². The van der Waals surface area contributed by atoms with Crippen molar-refractivity contribution in [1.82, 2.24) is 0 Å². The first-order valence-electron chi connectivity index (χ1n) is 5.05. The summed E-state index contributed by atoms with van der Waals surface area (Å²) >= 11 is 13.1. The van der Waals surface area contributed by atoms with Crippen LogP contribution in [0.25, 0.3) is 0 Å². The van der Waals surface area contributed by atoms with Crippen LogP contribution in [-0.4, -0.2) is 5.78 Å². The molecule has 0 radical (unpaired) electrons. The summed E-state index contributed by atoms with van der Waals surface area (Å²) in [5, 5.41) is 11.7. The molecule has 0 saturated heterocycles. The molecule has 2 aromatic rings. The number of Topliss-reactive ketones (excluding diaryl/α,β-unsaturated/α-hetero) is 1. The SMILES string of the molecule is N#CC(C(=O)c1cc(Cl)cc(Cl)c1)c1cccs1. The van der Waals surface area contributed by atoms with Gasteiger partial charge < -0.3 is 0 Å². The summed E-state index contributed by atoms with van der Waals surface area (Å²) in [5.41, 5.74) is 0.354. The van der Waals surface area contributed by atoms with Crippen LogP contribution in [0.5, 0.6) is 0 Å². The number of hydrogen-bond acceptors (Lipinski definition) is 3. The van der Waals surface area contributed by atoms with Crippen LogP contribution in [-0.2, 0) is 0 Å². The van der Waals surface area contributed by atoms with Gasteiger partial charge in [-0.3, -0.25) is 4.79 Å². The molecule has 1 unspecified atom stereocenters. The minimum atomic E-state index is -0.806. The number of nitriles is 1. The second-order valence-electron chi connectivity index (χ2n) is 3.60. The number of halogens is 2. The van der Waals surface area contributed by atoms with Gasteiger partial charge in [0.25, 0.3) is 0 Å². The molecule has 0 aliphatic carbocycles. The van der Waals surface area contributed by atoms with E-state index < -0.39 is 5.92 Å². The lowest BCUT2D eigenvalue weighted by Crippen LogP contribution is -2.10. The Morgan fingerprint density at radius 2 is 1.94 bits per heavy atom. The van der Waals surface area contributed by atoms with Crippen molar-refractivity contribution in [3.63, 3.8) is 0 Å². The van der Waals surface area contributed by atoms with Crippen LogP contribution in [0.3, 0.4) is 0 Å². The van der Waals surface area contributed by atoms with Crippen molar-refractivity contribution >= 4 is 40.3 Å². The number of ketones is 1. The Morgan fingerprint density at radius 1 is 1.28 bits per heavy atom. The fourth-order valence-electron chi connectivity index (χ4n) is 1.57. The first-order valence-corrected chi connectivity index (χ1v) is 6.68. The highest BCUT2D eigenvalue weighted by atomic mass is 35.5. The van der Waals surface area contributed by atoms with Crippen LogP contribution in [0.4, 0.5) is 0 Å². The zero-order valence-electron chi connectivity index (χ0n) is 9.06. The van der Waals surface area contributed by atoms with Gasteiger partial charge in [0.15, 0.2) is 5.78 Å². The van der Waals surface area contributed by atoms with E-state index in [4.69, 9.17) is 28.5 Å². The van der Waals surface area contributed by atoms with Gasteiger partial charge in [0.05, 0.1) is 6.07 Å². The fourth-order valence-corrected chi connectivity index (χ4v) is 2.86. The van der Waals surface area contributed by atoms with E-state index in [0.717, 1.165) is 4.88 Å². The van der Waals surface area contributed by atoms with Crippen molar-refractivity contribution in [2.75, 3.05) is 0 Å². The lowest BCUT2D eigenvalue weighted by atomic mass is 9.97. The number of hydrogen-bond donors (Lipinski definition) is 0. The van der Waals surface area contributed by atoms with Crippen LogP contribution in [0, 0.1) is 11.3 Å². The van der Waals surface area contributed by atoms with E-state index in [-0.39, 0.29) is 5.78 Å². The molecule has 18 heavy (non-hydrogen) atoms. The van der Waals surface area contributed by atoms with E-state index in [0.29, 0.717) is 15.6 Å². The number of benzene rings is 1. The molecule has 0 fully saturated rings. The third-order valence-electron chi connectivity index (χ3n) is 2.37. The van der Waals surface area contributed by atoms with Crippen molar-refractivity contribution in [3.05, 3.63) is 56.2 Å². The number of carbonyl (C=O) groups excluding carboxylic acids is 1. The van der Waals surface area contributed by atoms with Crippen molar-refractivity contribution in [2.24, 2.45) is 0 Å².